The summed E-state index contributed by atoms with van der Waals surface area (Å²) in [4.78, 5) is 26.2. The Bertz CT molecular complexity index is 897. The molecule has 0 unspecified atom stereocenters. The van der Waals surface area contributed by atoms with Gasteiger partial charge in [0.2, 0.25) is 0 Å². The molecule has 2 aliphatic heterocycles. The maximum absolute atomic E-state index is 12.4. The number of piperidine rings is 1. The van der Waals surface area contributed by atoms with Gasteiger partial charge in [0.1, 0.15) is 4.90 Å². The maximum atomic E-state index is 12.4. The molecule has 8 nitrogen and oxygen atoms in total. The Morgan fingerprint density at radius 2 is 2.07 bits per heavy atom. The molecule has 9 heteroatoms. The first-order chi connectivity index (χ1) is 13.9. The third kappa shape index (κ3) is 5.14. The third-order valence-corrected chi connectivity index (χ3v) is 6.44. The molecular formula is C20H27N3O5S. The molecule has 0 spiro atoms. The summed E-state index contributed by atoms with van der Waals surface area (Å²) in [7, 11) is -3.70. The van der Waals surface area contributed by atoms with E-state index in [0.717, 1.165) is 19.3 Å². The lowest BCUT2D eigenvalue weighted by atomic mass is 9.97. The number of ether oxygens (including phenoxy) is 1. The first-order valence-electron chi connectivity index (χ1n) is 10.0. The maximum Gasteiger partial charge on any atom is 0.311 e. The van der Waals surface area contributed by atoms with Crippen LogP contribution in [0, 0.1) is 5.92 Å². The molecule has 1 saturated heterocycles. The highest BCUT2D eigenvalue weighted by Crippen LogP contribution is 2.29. The van der Waals surface area contributed by atoms with E-state index in [0.29, 0.717) is 43.9 Å². The summed E-state index contributed by atoms with van der Waals surface area (Å²) in [6.07, 6.45) is 4.36. The zero-order valence-electron chi connectivity index (χ0n) is 16.6. The van der Waals surface area contributed by atoms with Crippen molar-refractivity contribution in [3.05, 3.63) is 29.8 Å². The molecule has 0 aliphatic carbocycles. The topological polar surface area (TPSA) is 105 Å². The molecule has 1 fully saturated rings. The van der Waals surface area contributed by atoms with E-state index in [4.69, 9.17) is 4.74 Å². The smallest absolute Gasteiger partial charge is 0.311 e. The number of sulfonamides is 1. The molecule has 1 N–H and O–H groups in total. The van der Waals surface area contributed by atoms with Crippen LogP contribution in [0.4, 0.5) is 0 Å². The summed E-state index contributed by atoms with van der Waals surface area (Å²) in [6, 6.07) is 6.70. The number of nitrogens with zero attached hydrogens (tertiary/aromatic N) is 2. The average molecular weight is 422 g/mol. The molecule has 1 aromatic carbocycles. The van der Waals surface area contributed by atoms with Crippen molar-refractivity contribution in [3.63, 3.8) is 0 Å². The van der Waals surface area contributed by atoms with Crippen molar-refractivity contribution in [2.75, 3.05) is 26.2 Å². The van der Waals surface area contributed by atoms with Crippen LogP contribution in [0.3, 0.4) is 0 Å². The largest absolute Gasteiger partial charge is 0.455 e. The summed E-state index contributed by atoms with van der Waals surface area (Å²) in [6.45, 7) is 3.31. The minimum atomic E-state index is -3.70. The molecule has 0 bridgehead atoms. The van der Waals surface area contributed by atoms with Gasteiger partial charge in [-0.2, -0.15) is 8.42 Å². The van der Waals surface area contributed by atoms with Crippen molar-refractivity contribution in [3.8, 4) is 0 Å². The van der Waals surface area contributed by atoms with Gasteiger partial charge in [0, 0.05) is 25.2 Å². The molecule has 2 heterocycles. The molecule has 0 saturated carbocycles. The predicted octanol–water partition coefficient (Wildman–Crippen LogP) is 1.70. The quantitative estimate of drug-likeness (QED) is 0.531. The minimum absolute atomic E-state index is 0.194. The molecule has 2 aliphatic rings. The van der Waals surface area contributed by atoms with E-state index >= 15 is 0 Å². The number of hydrogen-bond donors (Lipinski definition) is 1. The number of nitrogens with one attached hydrogen (secondary N) is 1. The highest BCUT2D eigenvalue weighted by Gasteiger charge is 2.35. The van der Waals surface area contributed by atoms with E-state index in [1.165, 1.54) is 6.07 Å². The zero-order valence-corrected chi connectivity index (χ0v) is 17.4. The number of carbonyl (C=O) groups excluding carboxylic acids is 2. The number of hydrogen-bond acceptors (Lipinski definition) is 6. The van der Waals surface area contributed by atoms with Gasteiger partial charge in [0.25, 0.3) is 15.9 Å². The third-order valence-electron chi connectivity index (χ3n) is 5.11. The fourth-order valence-electron chi connectivity index (χ4n) is 3.59. The fourth-order valence-corrected chi connectivity index (χ4v) is 4.81. The molecular weight excluding hydrogens is 394 g/mol. The van der Waals surface area contributed by atoms with Crippen LogP contribution in [0.5, 0.6) is 0 Å². The number of amides is 1. The van der Waals surface area contributed by atoms with E-state index in [2.05, 4.69) is 16.6 Å². The standard InChI is InChI=1S/C20H27N3O5S/c1-2-3-6-11-21-18(24)14-28-20(25)15-8-7-12-23(13-15)19-16-9-4-5-10-17(16)29(26,27)22-19/h4-5,9-10,15H,2-3,6-8,11-14H2,1H3,(H,21,24)/t15-/m0/s1. The van der Waals surface area contributed by atoms with Crippen molar-refractivity contribution in [1.82, 2.24) is 10.2 Å². The van der Waals surface area contributed by atoms with Crippen molar-refractivity contribution >= 4 is 27.7 Å². The number of unbranched alkanes of at least 4 members (excludes halogenated alkanes) is 2. The molecule has 29 heavy (non-hydrogen) atoms. The number of carbonyl (C=O) groups is 2. The zero-order chi connectivity index (χ0) is 20.9. The number of rotatable bonds is 7. The van der Waals surface area contributed by atoms with Gasteiger partial charge in [-0.15, -0.1) is 4.40 Å². The highest BCUT2D eigenvalue weighted by molar-refractivity contribution is 7.90. The predicted molar refractivity (Wildman–Crippen MR) is 108 cm³/mol. The summed E-state index contributed by atoms with van der Waals surface area (Å²) >= 11 is 0. The van der Waals surface area contributed by atoms with E-state index in [-0.39, 0.29) is 17.4 Å². The van der Waals surface area contributed by atoms with Crippen LogP contribution in [-0.2, 0) is 24.3 Å². The van der Waals surface area contributed by atoms with Gasteiger partial charge in [-0.25, -0.2) is 0 Å². The van der Waals surface area contributed by atoms with Crippen molar-refractivity contribution in [1.29, 1.82) is 0 Å². The van der Waals surface area contributed by atoms with Crippen LogP contribution in [0.15, 0.2) is 33.6 Å². The Hall–Kier alpha value is -2.42. The second-order valence-corrected chi connectivity index (χ2v) is 8.91. The van der Waals surface area contributed by atoms with Gasteiger partial charge in [-0.1, -0.05) is 31.9 Å². The van der Waals surface area contributed by atoms with Gasteiger partial charge >= 0.3 is 5.97 Å². The lowest BCUT2D eigenvalue weighted by Gasteiger charge is -2.32. The van der Waals surface area contributed by atoms with Crippen LogP contribution in [0.1, 0.15) is 44.6 Å². The van der Waals surface area contributed by atoms with Crippen LogP contribution >= 0.6 is 0 Å². The second kappa shape index (κ2) is 9.39. The lowest BCUT2D eigenvalue weighted by Crippen LogP contribution is -2.43. The Morgan fingerprint density at radius 1 is 1.28 bits per heavy atom. The molecule has 1 aromatic rings. The Balaban J connectivity index is 1.56. The number of esters is 1. The molecule has 1 amide bonds. The van der Waals surface area contributed by atoms with E-state index in [1.807, 2.05) is 4.90 Å². The summed E-state index contributed by atoms with van der Waals surface area (Å²) in [5.74, 6) is -0.781. The van der Waals surface area contributed by atoms with Crippen LogP contribution in [0.25, 0.3) is 0 Å². The van der Waals surface area contributed by atoms with Crippen molar-refractivity contribution in [2.45, 2.75) is 43.9 Å². The SMILES string of the molecule is CCCCCNC(=O)COC(=O)[C@H]1CCCN(C2=NS(=O)(=O)c3ccccc32)C1. The Labute approximate surface area is 171 Å². The number of likely N-dealkylation sites (tertiary alicyclic amines) is 1. The van der Waals surface area contributed by atoms with Crippen LogP contribution < -0.4 is 5.32 Å². The fraction of sp³-hybridized carbons (Fsp3) is 0.550. The summed E-state index contributed by atoms with van der Waals surface area (Å²) in [5, 5.41) is 2.74. The molecule has 0 radical (unpaired) electrons. The Morgan fingerprint density at radius 3 is 2.86 bits per heavy atom. The van der Waals surface area contributed by atoms with Crippen LogP contribution in [-0.4, -0.2) is 57.3 Å². The van der Waals surface area contributed by atoms with Gasteiger partial charge < -0.3 is 15.0 Å². The van der Waals surface area contributed by atoms with Crippen molar-refractivity contribution < 1.29 is 22.7 Å². The van der Waals surface area contributed by atoms with Gasteiger partial charge in [-0.3, -0.25) is 9.59 Å². The minimum Gasteiger partial charge on any atom is -0.455 e. The number of benzene rings is 1. The van der Waals surface area contributed by atoms with E-state index in [1.54, 1.807) is 18.2 Å². The van der Waals surface area contributed by atoms with Gasteiger partial charge in [0.15, 0.2) is 12.4 Å². The average Bonchev–Trinajstić information content (AvgIpc) is 3.01. The molecule has 1 atom stereocenters. The molecule has 158 valence electrons. The monoisotopic (exact) mass is 421 g/mol. The van der Waals surface area contributed by atoms with Gasteiger partial charge in [-0.05, 0) is 31.4 Å². The highest BCUT2D eigenvalue weighted by atomic mass is 32.2. The first kappa shape index (κ1) is 21.3. The number of amidine groups is 1. The number of fused-ring (bicyclic) bond motifs is 1. The van der Waals surface area contributed by atoms with Crippen molar-refractivity contribution in [2.24, 2.45) is 10.3 Å². The first-order valence-corrected chi connectivity index (χ1v) is 11.5. The Kier molecular flexibility index (Phi) is 6.89. The normalized spacial score (nSPS) is 20.0. The summed E-state index contributed by atoms with van der Waals surface area (Å²) in [5.41, 5.74) is 0.563. The molecule has 0 aromatic heterocycles. The van der Waals surface area contributed by atoms with E-state index in [9.17, 15) is 18.0 Å². The summed E-state index contributed by atoms with van der Waals surface area (Å²) < 4.78 is 33.7. The van der Waals surface area contributed by atoms with E-state index < -0.39 is 21.9 Å². The lowest BCUT2D eigenvalue weighted by molar-refractivity contribution is -0.153. The van der Waals surface area contributed by atoms with Gasteiger partial charge in [0.05, 0.1) is 5.92 Å². The molecule has 3 rings (SSSR count). The second-order valence-electron chi connectivity index (χ2n) is 7.34. The van der Waals surface area contributed by atoms with Crippen LogP contribution in [0.2, 0.25) is 0 Å².